The molecule has 0 aromatic rings. The zero-order valence-corrected chi connectivity index (χ0v) is 25.0. The van der Waals surface area contributed by atoms with Crippen LogP contribution in [0.3, 0.4) is 0 Å². The van der Waals surface area contributed by atoms with Gasteiger partial charge in [-0.15, -0.1) is 0 Å². The van der Waals surface area contributed by atoms with Gasteiger partial charge >= 0.3 is 12.1 Å². The van der Waals surface area contributed by atoms with Crippen LogP contribution in [0, 0.1) is 40.4 Å². The number of ketones is 1. The van der Waals surface area contributed by atoms with E-state index >= 15 is 8.78 Å². The molecule has 5 aliphatic carbocycles. The van der Waals surface area contributed by atoms with Crippen LogP contribution < -0.4 is 0 Å². The third kappa shape index (κ3) is 4.28. The maximum absolute atomic E-state index is 17.5. The molecule has 0 spiro atoms. The molecule has 42 heavy (non-hydrogen) atoms. The molecule has 0 aromatic heterocycles. The maximum Gasteiger partial charge on any atom is 0.509 e. The molecule has 0 bridgehead atoms. The largest absolute Gasteiger partial charge is 0.509 e. The molecule has 5 aliphatic rings. The molecule has 0 aromatic carbocycles. The van der Waals surface area contributed by atoms with Crippen molar-refractivity contribution < 1.29 is 46.9 Å². The van der Waals surface area contributed by atoms with Crippen LogP contribution in [0.25, 0.3) is 0 Å². The van der Waals surface area contributed by atoms with E-state index in [1.807, 2.05) is 0 Å². The number of ether oxygens (including phenoxy) is 3. The third-order valence-corrected chi connectivity index (χ3v) is 11.8. The molecule has 7 nitrogen and oxygen atoms in total. The van der Waals surface area contributed by atoms with E-state index in [1.165, 1.54) is 19.1 Å². The number of esters is 1. The summed E-state index contributed by atoms with van der Waals surface area (Å²) in [5.74, 6) is -3.18. The van der Waals surface area contributed by atoms with E-state index in [0.29, 0.717) is 24.7 Å². The minimum atomic E-state index is -2.38. The van der Waals surface area contributed by atoms with Crippen molar-refractivity contribution in [3.63, 3.8) is 0 Å². The highest BCUT2D eigenvalue weighted by Crippen LogP contribution is 2.71. The smallest absolute Gasteiger partial charge is 0.431 e. The van der Waals surface area contributed by atoms with Crippen LogP contribution in [0.5, 0.6) is 0 Å². The minimum absolute atomic E-state index is 0.0161. The first-order valence-corrected chi connectivity index (χ1v) is 15.2. The SMILES string of the molecule is CC(C)C1CCC(OC(=O)O[C@@]2(C(=O)OCF)[C@H](C)C[C@H]3[C@@H]4C[C@H](F)C5=CC(=O)C=C[C@]5(C)C4(F)[C@@H](O)C[C@@]32C)CC1. The van der Waals surface area contributed by atoms with E-state index in [9.17, 15) is 23.9 Å². The van der Waals surface area contributed by atoms with Crippen molar-refractivity contribution in [2.75, 3.05) is 6.86 Å². The topological polar surface area (TPSA) is 99.1 Å². The first kappa shape index (κ1) is 31.1. The Kier molecular flexibility index (Phi) is 7.89. The van der Waals surface area contributed by atoms with Gasteiger partial charge in [0, 0.05) is 22.7 Å². The normalized spacial score (nSPS) is 46.3. The summed E-state index contributed by atoms with van der Waals surface area (Å²) in [6.07, 6.45) is 1.24. The number of fused-ring (bicyclic) bond motifs is 5. The molecule has 4 fully saturated rings. The zero-order chi connectivity index (χ0) is 30.8. The van der Waals surface area contributed by atoms with Gasteiger partial charge in [-0.1, -0.05) is 33.8 Å². The molecular weight excluding hydrogens is 553 g/mol. The molecular formula is C32H43F3O7. The van der Waals surface area contributed by atoms with E-state index in [0.717, 1.165) is 18.9 Å². The Bertz CT molecular complexity index is 1180. The summed E-state index contributed by atoms with van der Waals surface area (Å²) in [7, 11) is 0. The molecule has 0 heterocycles. The summed E-state index contributed by atoms with van der Waals surface area (Å²) in [4.78, 5) is 39.0. The van der Waals surface area contributed by atoms with Crippen LogP contribution in [0.15, 0.2) is 23.8 Å². The highest BCUT2D eigenvalue weighted by molar-refractivity contribution is 6.01. The van der Waals surface area contributed by atoms with Gasteiger partial charge in [0.25, 0.3) is 0 Å². The zero-order valence-electron chi connectivity index (χ0n) is 25.0. The number of halogens is 3. The van der Waals surface area contributed by atoms with Crippen molar-refractivity contribution in [1.82, 2.24) is 0 Å². The van der Waals surface area contributed by atoms with E-state index in [-0.39, 0.29) is 24.8 Å². The first-order chi connectivity index (χ1) is 19.7. The van der Waals surface area contributed by atoms with Gasteiger partial charge in [-0.3, -0.25) is 4.79 Å². The summed E-state index contributed by atoms with van der Waals surface area (Å²) in [5.41, 5.74) is -7.53. The number of aliphatic hydroxyl groups is 1. The van der Waals surface area contributed by atoms with E-state index in [4.69, 9.17) is 14.2 Å². The van der Waals surface area contributed by atoms with Gasteiger partial charge in [-0.05, 0) is 87.3 Å². The molecule has 4 saturated carbocycles. The van der Waals surface area contributed by atoms with Crippen molar-refractivity contribution in [2.24, 2.45) is 40.4 Å². The van der Waals surface area contributed by atoms with Crippen LogP contribution in [0.1, 0.15) is 79.6 Å². The van der Waals surface area contributed by atoms with Crippen molar-refractivity contribution >= 4 is 17.9 Å². The highest BCUT2D eigenvalue weighted by atomic mass is 19.1. The fourth-order valence-corrected chi connectivity index (χ4v) is 9.54. The minimum Gasteiger partial charge on any atom is -0.431 e. The summed E-state index contributed by atoms with van der Waals surface area (Å²) in [6.45, 7) is 7.56. The molecule has 0 radical (unpaired) electrons. The molecule has 0 aliphatic heterocycles. The van der Waals surface area contributed by atoms with Crippen LogP contribution >= 0.6 is 0 Å². The molecule has 9 atom stereocenters. The Labute approximate surface area is 245 Å². The molecule has 1 unspecified atom stereocenters. The predicted molar refractivity (Wildman–Crippen MR) is 146 cm³/mol. The van der Waals surface area contributed by atoms with Gasteiger partial charge in [-0.2, -0.15) is 0 Å². The molecule has 0 amide bonds. The maximum atomic E-state index is 17.5. The lowest BCUT2D eigenvalue weighted by Gasteiger charge is -2.62. The first-order valence-electron chi connectivity index (χ1n) is 15.2. The second-order valence-corrected chi connectivity index (χ2v) is 14.0. The van der Waals surface area contributed by atoms with Crippen molar-refractivity contribution in [3.8, 4) is 0 Å². The average molecular weight is 597 g/mol. The average Bonchev–Trinajstić information content (AvgIpc) is 3.14. The predicted octanol–water partition coefficient (Wildman–Crippen LogP) is 6.13. The van der Waals surface area contributed by atoms with E-state index < -0.39 is 83.0 Å². The van der Waals surface area contributed by atoms with E-state index in [2.05, 4.69) is 13.8 Å². The summed E-state index contributed by atoms with van der Waals surface area (Å²) >= 11 is 0. The molecule has 1 N–H and O–H groups in total. The Morgan fingerprint density at radius 1 is 1.12 bits per heavy atom. The van der Waals surface area contributed by atoms with Gasteiger partial charge in [0.2, 0.25) is 12.5 Å². The second kappa shape index (κ2) is 10.7. The fraction of sp³-hybridized carbons (Fsp3) is 0.781. The second-order valence-electron chi connectivity index (χ2n) is 14.0. The monoisotopic (exact) mass is 596 g/mol. The number of alkyl halides is 3. The molecule has 234 valence electrons. The summed E-state index contributed by atoms with van der Waals surface area (Å²) in [6, 6.07) is 0. The Morgan fingerprint density at radius 3 is 2.40 bits per heavy atom. The number of allylic oxidation sites excluding steroid dienone is 4. The standard InChI is InChI=1S/C32H43F3O7/c1-17(2)19-6-8-21(9-7-19)41-28(39)42-32(27(38)40-16-33)18(3)12-22-23-14-25(34)24-13-20(36)10-11-29(24,4)31(23,35)26(37)15-30(22,32)5/h10-11,13,17-19,21-23,25-26,37H,6-9,12,14-16H2,1-5H3/t18-,19?,21?,22+,23+,25+,26+,29+,30+,31?,32-/m1/s1. The Hall–Kier alpha value is -2.36. The lowest BCUT2D eigenvalue weighted by atomic mass is 9.44. The highest BCUT2D eigenvalue weighted by Gasteiger charge is 2.79. The number of carbonyl (C=O) groups is 3. The van der Waals surface area contributed by atoms with Crippen LogP contribution in [-0.2, 0) is 23.8 Å². The lowest BCUT2D eigenvalue weighted by molar-refractivity contribution is -0.235. The molecule has 0 saturated heterocycles. The van der Waals surface area contributed by atoms with Gasteiger partial charge in [-0.25, -0.2) is 22.8 Å². The summed E-state index contributed by atoms with van der Waals surface area (Å²) in [5, 5.41) is 11.6. The van der Waals surface area contributed by atoms with Crippen molar-refractivity contribution in [1.29, 1.82) is 0 Å². The van der Waals surface area contributed by atoms with Crippen LogP contribution in [0.4, 0.5) is 18.0 Å². The Balaban J connectivity index is 1.49. The fourth-order valence-electron chi connectivity index (χ4n) is 9.54. The van der Waals surface area contributed by atoms with Crippen molar-refractivity contribution in [2.45, 2.75) is 109 Å². The van der Waals surface area contributed by atoms with Gasteiger partial charge in [0.15, 0.2) is 11.5 Å². The van der Waals surface area contributed by atoms with Crippen molar-refractivity contribution in [3.05, 3.63) is 23.8 Å². The number of rotatable bonds is 5. The van der Waals surface area contributed by atoms with Gasteiger partial charge in [0.1, 0.15) is 12.3 Å². The Morgan fingerprint density at radius 2 is 1.79 bits per heavy atom. The molecule has 10 heteroatoms. The molecule has 5 rings (SSSR count). The number of hydrogen-bond donors (Lipinski definition) is 1. The van der Waals surface area contributed by atoms with Crippen LogP contribution in [0.2, 0.25) is 0 Å². The third-order valence-electron chi connectivity index (χ3n) is 11.8. The number of aliphatic hydroxyl groups excluding tert-OH is 1. The number of hydrogen-bond acceptors (Lipinski definition) is 7. The quantitative estimate of drug-likeness (QED) is 0.382. The van der Waals surface area contributed by atoms with Gasteiger partial charge in [0.05, 0.1) is 6.10 Å². The number of carbonyl (C=O) groups excluding carboxylic acids is 3. The summed E-state index contributed by atoms with van der Waals surface area (Å²) < 4.78 is 63.1. The van der Waals surface area contributed by atoms with Gasteiger partial charge < -0.3 is 19.3 Å². The van der Waals surface area contributed by atoms with Crippen LogP contribution in [-0.4, -0.2) is 59.5 Å². The van der Waals surface area contributed by atoms with E-state index in [1.54, 1.807) is 13.8 Å². The lowest BCUT2D eigenvalue weighted by Crippen LogP contribution is -2.71.